The Labute approximate surface area is 99.4 Å². The zero-order chi connectivity index (χ0) is 12.3. The molecule has 0 saturated heterocycles. The van der Waals surface area contributed by atoms with E-state index in [-0.39, 0.29) is 12.0 Å². The number of nitrogens with zero attached hydrogens (tertiary/aromatic N) is 1. The van der Waals surface area contributed by atoms with Gasteiger partial charge < -0.3 is 10.6 Å². The zero-order valence-electron chi connectivity index (χ0n) is 11.1. The Balaban J connectivity index is 2.60. The molecule has 0 aromatic heterocycles. The van der Waals surface area contributed by atoms with Gasteiger partial charge in [-0.2, -0.15) is 0 Å². The van der Waals surface area contributed by atoms with Gasteiger partial charge in [-0.1, -0.05) is 13.8 Å². The van der Waals surface area contributed by atoms with Crippen LogP contribution < -0.4 is 5.73 Å². The highest BCUT2D eigenvalue weighted by atomic mass is 16.2. The monoisotopic (exact) mass is 226 g/mol. The number of carbonyl (C=O) groups is 1. The van der Waals surface area contributed by atoms with Crippen molar-refractivity contribution in [3.63, 3.8) is 0 Å². The van der Waals surface area contributed by atoms with Crippen LogP contribution in [-0.4, -0.2) is 29.4 Å². The first-order valence-corrected chi connectivity index (χ1v) is 6.47. The Kier molecular flexibility index (Phi) is 4.78. The highest BCUT2D eigenvalue weighted by Crippen LogP contribution is 2.27. The quantitative estimate of drug-likeness (QED) is 0.797. The Morgan fingerprint density at radius 3 is 2.31 bits per heavy atom. The summed E-state index contributed by atoms with van der Waals surface area (Å²) in [6.45, 7) is 9.36. The van der Waals surface area contributed by atoms with Crippen LogP contribution in [0.3, 0.4) is 0 Å². The van der Waals surface area contributed by atoms with Crippen LogP contribution in [0.2, 0.25) is 0 Å². The molecule has 1 rings (SSSR count). The second kappa shape index (κ2) is 5.67. The van der Waals surface area contributed by atoms with Crippen molar-refractivity contribution in [3.8, 4) is 0 Å². The van der Waals surface area contributed by atoms with Crippen molar-refractivity contribution in [2.75, 3.05) is 6.54 Å². The van der Waals surface area contributed by atoms with E-state index in [4.69, 9.17) is 5.73 Å². The van der Waals surface area contributed by atoms with Gasteiger partial charge >= 0.3 is 0 Å². The van der Waals surface area contributed by atoms with Gasteiger partial charge in [-0.25, -0.2) is 0 Å². The molecule has 2 unspecified atom stereocenters. The van der Waals surface area contributed by atoms with Crippen LogP contribution in [0.25, 0.3) is 0 Å². The smallest absolute Gasteiger partial charge is 0.225 e. The summed E-state index contributed by atoms with van der Waals surface area (Å²) in [5, 5.41) is 0. The van der Waals surface area contributed by atoms with Crippen LogP contribution in [0.4, 0.5) is 0 Å². The number of rotatable bonds is 4. The average molecular weight is 226 g/mol. The highest BCUT2D eigenvalue weighted by Gasteiger charge is 2.32. The number of nitrogens with two attached hydrogens (primary N) is 1. The van der Waals surface area contributed by atoms with Gasteiger partial charge in [0.1, 0.15) is 0 Å². The van der Waals surface area contributed by atoms with Crippen molar-refractivity contribution in [1.82, 2.24) is 4.90 Å². The largest absolute Gasteiger partial charge is 0.340 e. The average Bonchev–Trinajstić information content (AvgIpc) is 2.59. The first kappa shape index (κ1) is 13.5. The zero-order valence-corrected chi connectivity index (χ0v) is 11.1. The third-order valence-corrected chi connectivity index (χ3v) is 3.29. The van der Waals surface area contributed by atoms with Crippen LogP contribution in [0.1, 0.15) is 47.0 Å². The van der Waals surface area contributed by atoms with E-state index in [2.05, 4.69) is 27.7 Å². The number of hydrogen-bond donors (Lipinski definition) is 1. The summed E-state index contributed by atoms with van der Waals surface area (Å²) in [7, 11) is 0. The summed E-state index contributed by atoms with van der Waals surface area (Å²) in [5.74, 6) is 1.02. The summed E-state index contributed by atoms with van der Waals surface area (Å²) in [5.41, 5.74) is 5.87. The Morgan fingerprint density at radius 2 is 1.94 bits per heavy atom. The van der Waals surface area contributed by atoms with Crippen LogP contribution in [-0.2, 0) is 4.79 Å². The Morgan fingerprint density at radius 1 is 1.31 bits per heavy atom. The van der Waals surface area contributed by atoms with Gasteiger partial charge in [-0.05, 0) is 39.0 Å². The molecule has 94 valence electrons. The molecule has 0 aromatic carbocycles. The predicted octanol–water partition coefficient (Wildman–Crippen LogP) is 2.01. The molecular weight excluding hydrogens is 200 g/mol. The molecule has 3 heteroatoms. The van der Waals surface area contributed by atoms with Gasteiger partial charge in [0.2, 0.25) is 5.91 Å². The SMILES string of the molecule is CC(C)CN(C(=O)C1CCC(N)C1)C(C)C. The second-order valence-corrected chi connectivity index (χ2v) is 5.75. The topological polar surface area (TPSA) is 46.3 Å². The normalized spacial score (nSPS) is 25.4. The lowest BCUT2D eigenvalue weighted by Crippen LogP contribution is -2.42. The van der Waals surface area contributed by atoms with Crippen LogP contribution in [0, 0.1) is 11.8 Å². The first-order valence-electron chi connectivity index (χ1n) is 6.47. The van der Waals surface area contributed by atoms with E-state index < -0.39 is 0 Å². The fourth-order valence-electron chi connectivity index (χ4n) is 2.42. The third-order valence-electron chi connectivity index (χ3n) is 3.29. The molecule has 1 amide bonds. The van der Waals surface area contributed by atoms with Gasteiger partial charge in [0.25, 0.3) is 0 Å². The Bertz CT molecular complexity index is 238. The minimum atomic E-state index is 0.177. The molecule has 16 heavy (non-hydrogen) atoms. The maximum Gasteiger partial charge on any atom is 0.225 e. The van der Waals surface area contributed by atoms with Crippen molar-refractivity contribution in [2.45, 2.75) is 59.0 Å². The van der Waals surface area contributed by atoms with Gasteiger partial charge in [-0.3, -0.25) is 4.79 Å². The highest BCUT2D eigenvalue weighted by molar-refractivity contribution is 5.79. The summed E-state index contributed by atoms with van der Waals surface area (Å²) < 4.78 is 0. The second-order valence-electron chi connectivity index (χ2n) is 5.75. The van der Waals surface area contributed by atoms with Crippen LogP contribution in [0.5, 0.6) is 0 Å². The molecular formula is C13H26N2O. The Hall–Kier alpha value is -0.570. The van der Waals surface area contributed by atoms with E-state index in [0.29, 0.717) is 17.9 Å². The van der Waals surface area contributed by atoms with Crippen molar-refractivity contribution < 1.29 is 4.79 Å². The first-order chi connectivity index (χ1) is 7.41. The third kappa shape index (κ3) is 3.48. The molecule has 0 spiro atoms. The lowest BCUT2D eigenvalue weighted by molar-refractivity contribution is -0.137. The lowest BCUT2D eigenvalue weighted by Gasteiger charge is -2.31. The number of amides is 1. The van der Waals surface area contributed by atoms with Crippen LogP contribution in [0.15, 0.2) is 0 Å². The molecule has 2 atom stereocenters. The van der Waals surface area contributed by atoms with E-state index in [1.807, 2.05) is 4.90 Å². The molecule has 0 heterocycles. The molecule has 0 aliphatic heterocycles. The van der Waals surface area contributed by atoms with Crippen molar-refractivity contribution in [2.24, 2.45) is 17.6 Å². The molecule has 2 N–H and O–H groups in total. The van der Waals surface area contributed by atoms with Gasteiger partial charge in [0, 0.05) is 24.5 Å². The molecule has 0 bridgehead atoms. The fourth-order valence-corrected chi connectivity index (χ4v) is 2.42. The fraction of sp³-hybridized carbons (Fsp3) is 0.923. The maximum atomic E-state index is 12.3. The van der Waals surface area contributed by atoms with Gasteiger partial charge in [0.15, 0.2) is 0 Å². The molecule has 1 saturated carbocycles. The molecule has 1 fully saturated rings. The molecule has 0 radical (unpaired) electrons. The summed E-state index contributed by atoms with van der Waals surface area (Å²) in [4.78, 5) is 14.4. The molecule has 0 aromatic rings. The van der Waals surface area contributed by atoms with E-state index in [9.17, 15) is 4.79 Å². The molecule has 1 aliphatic carbocycles. The number of hydrogen-bond acceptors (Lipinski definition) is 2. The minimum absolute atomic E-state index is 0.177. The van der Waals surface area contributed by atoms with E-state index in [1.54, 1.807) is 0 Å². The molecule has 3 nitrogen and oxygen atoms in total. The summed E-state index contributed by atoms with van der Waals surface area (Å²) in [6.07, 6.45) is 2.85. The molecule has 1 aliphatic rings. The van der Waals surface area contributed by atoms with E-state index >= 15 is 0 Å². The van der Waals surface area contributed by atoms with Gasteiger partial charge in [0.05, 0.1) is 0 Å². The maximum absolute atomic E-state index is 12.3. The summed E-state index contributed by atoms with van der Waals surface area (Å²) >= 11 is 0. The van der Waals surface area contributed by atoms with E-state index in [0.717, 1.165) is 25.8 Å². The van der Waals surface area contributed by atoms with Gasteiger partial charge in [-0.15, -0.1) is 0 Å². The van der Waals surface area contributed by atoms with Crippen molar-refractivity contribution >= 4 is 5.91 Å². The minimum Gasteiger partial charge on any atom is -0.340 e. The predicted molar refractivity (Wildman–Crippen MR) is 67.0 cm³/mol. The number of carbonyl (C=O) groups excluding carboxylic acids is 1. The lowest BCUT2D eigenvalue weighted by atomic mass is 10.0. The van der Waals surface area contributed by atoms with Crippen LogP contribution >= 0.6 is 0 Å². The van der Waals surface area contributed by atoms with E-state index in [1.165, 1.54) is 0 Å². The van der Waals surface area contributed by atoms with Crippen molar-refractivity contribution in [3.05, 3.63) is 0 Å². The standard InChI is InChI=1S/C13H26N2O/c1-9(2)8-15(10(3)4)13(16)11-5-6-12(14)7-11/h9-12H,5-8,14H2,1-4H3. The van der Waals surface area contributed by atoms with Crippen molar-refractivity contribution in [1.29, 1.82) is 0 Å². The summed E-state index contributed by atoms with van der Waals surface area (Å²) in [6, 6.07) is 0.536.